The Hall–Kier alpha value is -2.24. The van der Waals surface area contributed by atoms with Crippen LogP contribution in [0.5, 0.6) is 0 Å². The molecule has 0 unspecified atom stereocenters. The number of aromatic nitrogens is 4. The van der Waals surface area contributed by atoms with Crippen LogP contribution in [0, 0.1) is 0 Å². The molecule has 6 nitrogen and oxygen atoms in total. The van der Waals surface area contributed by atoms with Crippen LogP contribution in [0.2, 0.25) is 0 Å². The topological polar surface area (TPSA) is 66.8 Å². The van der Waals surface area contributed by atoms with E-state index >= 15 is 0 Å². The first kappa shape index (κ1) is 15.2. The van der Waals surface area contributed by atoms with Gasteiger partial charge in [0.1, 0.15) is 0 Å². The van der Waals surface area contributed by atoms with Crippen molar-refractivity contribution in [3.05, 3.63) is 36.3 Å². The van der Waals surface area contributed by atoms with Gasteiger partial charge < -0.3 is 10.2 Å². The SMILES string of the molecule is CCCN(CCC)c1nncc(NCc2cccnc2)n1. The summed E-state index contributed by atoms with van der Waals surface area (Å²) in [4.78, 5) is 10.8. The van der Waals surface area contributed by atoms with E-state index < -0.39 is 0 Å². The zero-order chi connectivity index (χ0) is 14.9. The van der Waals surface area contributed by atoms with Crippen molar-refractivity contribution in [1.29, 1.82) is 0 Å². The number of pyridine rings is 1. The summed E-state index contributed by atoms with van der Waals surface area (Å²) in [7, 11) is 0. The minimum atomic E-state index is 0.674. The third-order valence-corrected chi connectivity index (χ3v) is 3.01. The van der Waals surface area contributed by atoms with Crippen molar-refractivity contribution in [2.24, 2.45) is 0 Å². The Morgan fingerprint density at radius 3 is 2.62 bits per heavy atom. The molecule has 0 radical (unpaired) electrons. The zero-order valence-corrected chi connectivity index (χ0v) is 12.7. The lowest BCUT2D eigenvalue weighted by atomic mass is 10.3. The lowest BCUT2D eigenvalue weighted by Gasteiger charge is -2.20. The summed E-state index contributed by atoms with van der Waals surface area (Å²) in [6, 6.07) is 3.95. The monoisotopic (exact) mass is 286 g/mol. The molecule has 112 valence electrons. The van der Waals surface area contributed by atoms with Crippen LogP contribution in [-0.2, 0) is 6.54 Å². The van der Waals surface area contributed by atoms with E-state index in [2.05, 4.69) is 44.2 Å². The van der Waals surface area contributed by atoms with Crippen LogP contribution in [0.15, 0.2) is 30.7 Å². The molecule has 21 heavy (non-hydrogen) atoms. The van der Waals surface area contributed by atoms with Crippen LogP contribution in [-0.4, -0.2) is 33.3 Å². The molecular weight excluding hydrogens is 264 g/mol. The van der Waals surface area contributed by atoms with Crippen molar-refractivity contribution in [2.45, 2.75) is 33.2 Å². The molecule has 2 rings (SSSR count). The van der Waals surface area contributed by atoms with Gasteiger partial charge >= 0.3 is 0 Å². The highest BCUT2D eigenvalue weighted by Gasteiger charge is 2.09. The lowest BCUT2D eigenvalue weighted by Crippen LogP contribution is -2.27. The van der Waals surface area contributed by atoms with Crippen molar-refractivity contribution < 1.29 is 0 Å². The molecule has 0 amide bonds. The predicted molar refractivity (Wildman–Crippen MR) is 84.2 cm³/mol. The van der Waals surface area contributed by atoms with Crippen molar-refractivity contribution >= 4 is 11.8 Å². The summed E-state index contributed by atoms with van der Waals surface area (Å²) in [5.74, 6) is 1.43. The second-order valence-corrected chi connectivity index (χ2v) is 4.84. The highest BCUT2D eigenvalue weighted by atomic mass is 15.3. The van der Waals surface area contributed by atoms with Crippen LogP contribution in [0.1, 0.15) is 32.3 Å². The van der Waals surface area contributed by atoms with E-state index in [1.165, 1.54) is 0 Å². The van der Waals surface area contributed by atoms with E-state index in [4.69, 9.17) is 0 Å². The molecular formula is C15H22N6. The summed E-state index contributed by atoms with van der Waals surface area (Å²) >= 11 is 0. The van der Waals surface area contributed by atoms with Gasteiger partial charge in [0.05, 0.1) is 6.20 Å². The Morgan fingerprint density at radius 1 is 1.14 bits per heavy atom. The first-order valence-corrected chi connectivity index (χ1v) is 7.41. The number of anilines is 2. The van der Waals surface area contributed by atoms with Gasteiger partial charge in [0, 0.05) is 32.0 Å². The van der Waals surface area contributed by atoms with E-state index in [0.29, 0.717) is 12.5 Å². The molecule has 0 aliphatic heterocycles. The van der Waals surface area contributed by atoms with Crippen LogP contribution in [0.4, 0.5) is 11.8 Å². The molecule has 2 heterocycles. The van der Waals surface area contributed by atoms with Gasteiger partial charge in [-0.25, -0.2) is 0 Å². The van der Waals surface area contributed by atoms with Gasteiger partial charge in [0.15, 0.2) is 5.82 Å². The van der Waals surface area contributed by atoms with Crippen molar-refractivity contribution in [1.82, 2.24) is 20.2 Å². The van der Waals surface area contributed by atoms with E-state index in [1.54, 1.807) is 12.4 Å². The zero-order valence-electron chi connectivity index (χ0n) is 12.7. The molecule has 2 aromatic rings. The molecule has 0 fully saturated rings. The molecule has 0 saturated carbocycles. The van der Waals surface area contributed by atoms with Crippen molar-refractivity contribution in [2.75, 3.05) is 23.3 Å². The molecule has 0 aliphatic rings. The first-order chi connectivity index (χ1) is 10.3. The predicted octanol–water partition coefficient (Wildman–Crippen LogP) is 2.51. The van der Waals surface area contributed by atoms with Crippen molar-refractivity contribution in [3.63, 3.8) is 0 Å². The summed E-state index contributed by atoms with van der Waals surface area (Å²) in [6.45, 7) is 6.87. The van der Waals surface area contributed by atoms with Crippen LogP contribution in [0.25, 0.3) is 0 Å². The van der Waals surface area contributed by atoms with Crippen LogP contribution >= 0.6 is 0 Å². The van der Waals surface area contributed by atoms with Gasteiger partial charge in [-0.1, -0.05) is 19.9 Å². The average Bonchev–Trinajstić information content (AvgIpc) is 2.54. The smallest absolute Gasteiger partial charge is 0.247 e. The van der Waals surface area contributed by atoms with Gasteiger partial charge in [-0.05, 0) is 24.5 Å². The third kappa shape index (κ3) is 4.66. The molecule has 0 aromatic carbocycles. The molecule has 0 bridgehead atoms. The van der Waals surface area contributed by atoms with Gasteiger partial charge in [-0.15, -0.1) is 5.10 Å². The molecule has 0 spiro atoms. The highest BCUT2D eigenvalue weighted by Crippen LogP contribution is 2.11. The van der Waals surface area contributed by atoms with Crippen LogP contribution in [0.3, 0.4) is 0 Å². The molecule has 1 N–H and O–H groups in total. The second kappa shape index (κ2) is 8.14. The first-order valence-electron chi connectivity index (χ1n) is 7.41. The molecule has 0 atom stereocenters. The summed E-state index contributed by atoms with van der Waals surface area (Å²) in [6.07, 6.45) is 7.38. The quantitative estimate of drug-likeness (QED) is 0.804. The number of rotatable bonds is 8. The van der Waals surface area contributed by atoms with E-state index in [0.717, 1.165) is 37.3 Å². The standard InChI is InChI=1S/C15H22N6/c1-3-8-21(9-4-2)15-19-14(12-18-20-15)17-11-13-6-5-7-16-10-13/h5-7,10,12H,3-4,8-9,11H2,1-2H3,(H,17,19,20). The van der Waals surface area contributed by atoms with E-state index in [1.807, 2.05) is 18.3 Å². The number of hydrogen-bond donors (Lipinski definition) is 1. The number of hydrogen-bond acceptors (Lipinski definition) is 6. The van der Waals surface area contributed by atoms with Gasteiger partial charge in [-0.2, -0.15) is 10.1 Å². The fourth-order valence-electron chi connectivity index (χ4n) is 2.06. The van der Waals surface area contributed by atoms with Crippen molar-refractivity contribution in [3.8, 4) is 0 Å². The van der Waals surface area contributed by atoms with E-state index in [-0.39, 0.29) is 0 Å². The Balaban J connectivity index is 2.02. The second-order valence-electron chi connectivity index (χ2n) is 4.84. The Bertz CT molecular complexity index is 525. The highest BCUT2D eigenvalue weighted by molar-refractivity contribution is 5.39. The lowest BCUT2D eigenvalue weighted by molar-refractivity contribution is 0.710. The average molecular weight is 286 g/mol. The number of nitrogens with one attached hydrogen (secondary N) is 1. The maximum atomic E-state index is 4.55. The normalized spacial score (nSPS) is 10.4. The summed E-state index contributed by atoms with van der Waals surface area (Å²) in [5, 5.41) is 11.5. The van der Waals surface area contributed by atoms with Gasteiger partial charge in [-0.3, -0.25) is 4.98 Å². The fourth-order valence-corrected chi connectivity index (χ4v) is 2.06. The molecule has 0 saturated heterocycles. The van der Waals surface area contributed by atoms with Gasteiger partial charge in [0.2, 0.25) is 5.95 Å². The number of nitrogens with zero attached hydrogens (tertiary/aromatic N) is 5. The van der Waals surface area contributed by atoms with Gasteiger partial charge in [0.25, 0.3) is 0 Å². The summed E-state index contributed by atoms with van der Waals surface area (Å²) in [5.41, 5.74) is 1.11. The molecule has 6 heteroatoms. The summed E-state index contributed by atoms with van der Waals surface area (Å²) < 4.78 is 0. The Labute approximate surface area is 125 Å². The van der Waals surface area contributed by atoms with E-state index in [9.17, 15) is 0 Å². The Kier molecular flexibility index (Phi) is 5.87. The maximum Gasteiger partial charge on any atom is 0.247 e. The minimum Gasteiger partial charge on any atom is -0.364 e. The maximum absolute atomic E-state index is 4.55. The van der Waals surface area contributed by atoms with Crippen LogP contribution < -0.4 is 10.2 Å². The minimum absolute atomic E-state index is 0.674. The Morgan fingerprint density at radius 2 is 1.95 bits per heavy atom. The fraction of sp³-hybridized carbons (Fsp3) is 0.467. The third-order valence-electron chi connectivity index (χ3n) is 3.01. The molecule has 2 aromatic heterocycles. The molecule has 0 aliphatic carbocycles. The largest absolute Gasteiger partial charge is 0.364 e.